The molecule has 1 saturated heterocycles. The van der Waals surface area contributed by atoms with E-state index < -0.39 is 0 Å². The van der Waals surface area contributed by atoms with Crippen LogP contribution in [0.1, 0.15) is 32.1 Å². The molecule has 1 aliphatic heterocycles. The smallest absolute Gasteiger partial charge is 0.133 e. The fraction of sp³-hybridized carbons (Fsp3) is 0.643. The van der Waals surface area contributed by atoms with E-state index in [4.69, 9.17) is 17.3 Å². The SMILES string of the molecule is Nc1cc(Cl)nc(N2CCC3CCCCC3C2)c1. The number of hydrogen-bond donors (Lipinski definition) is 1. The molecule has 1 saturated carbocycles. The van der Waals surface area contributed by atoms with Crippen LogP contribution in [-0.2, 0) is 0 Å². The monoisotopic (exact) mass is 265 g/mol. The van der Waals surface area contributed by atoms with Crippen molar-refractivity contribution in [2.45, 2.75) is 32.1 Å². The maximum Gasteiger partial charge on any atom is 0.133 e. The minimum Gasteiger partial charge on any atom is -0.399 e. The zero-order valence-corrected chi connectivity index (χ0v) is 11.4. The normalized spacial score (nSPS) is 27.9. The molecule has 18 heavy (non-hydrogen) atoms. The summed E-state index contributed by atoms with van der Waals surface area (Å²) in [5.74, 6) is 2.73. The van der Waals surface area contributed by atoms with E-state index in [9.17, 15) is 0 Å². The van der Waals surface area contributed by atoms with Gasteiger partial charge in [0.2, 0.25) is 0 Å². The molecule has 1 aliphatic carbocycles. The highest BCUT2D eigenvalue weighted by Crippen LogP contribution is 2.37. The number of pyridine rings is 1. The van der Waals surface area contributed by atoms with E-state index in [0.717, 1.165) is 30.7 Å². The molecule has 2 aliphatic rings. The number of piperidine rings is 1. The molecule has 3 rings (SSSR count). The van der Waals surface area contributed by atoms with Crippen LogP contribution in [0.4, 0.5) is 11.5 Å². The number of hydrogen-bond acceptors (Lipinski definition) is 3. The molecule has 0 aromatic carbocycles. The van der Waals surface area contributed by atoms with Gasteiger partial charge in [-0.3, -0.25) is 0 Å². The molecule has 2 unspecified atom stereocenters. The van der Waals surface area contributed by atoms with Gasteiger partial charge in [0.1, 0.15) is 11.0 Å². The van der Waals surface area contributed by atoms with Crippen LogP contribution in [0.5, 0.6) is 0 Å². The molecular formula is C14H20ClN3. The molecule has 2 N–H and O–H groups in total. The van der Waals surface area contributed by atoms with Crippen LogP contribution in [0.25, 0.3) is 0 Å². The molecule has 0 amide bonds. The lowest BCUT2D eigenvalue weighted by Gasteiger charge is -2.41. The number of nitrogens with zero attached hydrogens (tertiary/aromatic N) is 2. The molecule has 0 bridgehead atoms. The molecule has 98 valence electrons. The summed E-state index contributed by atoms with van der Waals surface area (Å²) in [6, 6.07) is 3.65. The Morgan fingerprint density at radius 1 is 1.17 bits per heavy atom. The molecule has 1 aromatic rings. The standard InChI is InChI=1S/C14H20ClN3/c15-13-7-12(16)8-14(17-13)18-6-5-10-3-1-2-4-11(10)9-18/h7-8,10-11H,1-6,9H2,(H2,16,17). The Kier molecular flexibility index (Phi) is 3.33. The second-order valence-corrected chi connectivity index (χ2v) is 6.01. The molecule has 3 nitrogen and oxygen atoms in total. The Morgan fingerprint density at radius 3 is 2.72 bits per heavy atom. The van der Waals surface area contributed by atoms with Gasteiger partial charge < -0.3 is 10.6 Å². The first kappa shape index (κ1) is 12.1. The van der Waals surface area contributed by atoms with Crippen LogP contribution in [0.3, 0.4) is 0 Å². The van der Waals surface area contributed by atoms with Crippen LogP contribution in [0, 0.1) is 11.8 Å². The lowest BCUT2D eigenvalue weighted by Crippen LogP contribution is -2.42. The molecule has 2 fully saturated rings. The summed E-state index contributed by atoms with van der Waals surface area (Å²) in [7, 11) is 0. The van der Waals surface area contributed by atoms with Crippen LogP contribution in [0.2, 0.25) is 5.15 Å². The van der Waals surface area contributed by atoms with Gasteiger partial charge in [-0.1, -0.05) is 30.9 Å². The third-order valence-electron chi connectivity index (χ3n) is 4.42. The van der Waals surface area contributed by atoms with Crippen molar-refractivity contribution in [3.8, 4) is 0 Å². The highest BCUT2D eigenvalue weighted by atomic mass is 35.5. The fourth-order valence-corrected chi connectivity index (χ4v) is 3.69. The largest absolute Gasteiger partial charge is 0.399 e. The van der Waals surface area contributed by atoms with Gasteiger partial charge in [-0.2, -0.15) is 0 Å². The van der Waals surface area contributed by atoms with Crippen molar-refractivity contribution < 1.29 is 0 Å². The highest BCUT2D eigenvalue weighted by molar-refractivity contribution is 6.29. The van der Waals surface area contributed by atoms with Crippen molar-refractivity contribution in [3.63, 3.8) is 0 Å². The van der Waals surface area contributed by atoms with E-state index in [0.29, 0.717) is 10.8 Å². The van der Waals surface area contributed by atoms with Crippen LogP contribution >= 0.6 is 11.6 Å². The second kappa shape index (κ2) is 4.96. The predicted molar refractivity (Wildman–Crippen MR) is 75.9 cm³/mol. The van der Waals surface area contributed by atoms with Crippen molar-refractivity contribution in [1.29, 1.82) is 0 Å². The first-order valence-corrected chi connectivity index (χ1v) is 7.28. The maximum atomic E-state index is 5.99. The Labute approximate surface area is 113 Å². The van der Waals surface area contributed by atoms with Gasteiger partial charge in [-0.25, -0.2) is 4.98 Å². The first-order valence-electron chi connectivity index (χ1n) is 6.90. The van der Waals surface area contributed by atoms with Crippen molar-refractivity contribution in [1.82, 2.24) is 4.98 Å². The number of nitrogen functional groups attached to an aromatic ring is 1. The van der Waals surface area contributed by atoms with Gasteiger partial charge >= 0.3 is 0 Å². The summed E-state index contributed by atoms with van der Waals surface area (Å²) in [5, 5.41) is 0.496. The van der Waals surface area contributed by atoms with E-state index in [1.807, 2.05) is 6.07 Å². The third-order valence-corrected chi connectivity index (χ3v) is 4.61. The highest BCUT2D eigenvalue weighted by Gasteiger charge is 2.31. The van der Waals surface area contributed by atoms with Crippen LogP contribution in [0.15, 0.2) is 12.1 Å². The number of nitrogens with two attached hydrogens (primary N) is 1. The lowest BCUT2D eigenvalue weighted by molar-refractivity contribution is 0.202. The van der Waals surface area contributed by atoms with Crippen molar-refractivity contribution in [2.75, 3.05) is 23.7 Å². The minimum absolute atomic E-state index is 0.496. The zero-order chi connectivity index (χ0) is 12.5. The van der Waals surface area contributed by atoms with Gasteiger partial charge in [-0.05, 0) is 30.7 Å². The second-order valence-electron chi connectivity index (χ2n) is 5.62. The molecule has 4 heteroatoms. The summed E-state index contributed by atoms with van der Waals surface area (Å²) >= 11 is 5.99. The van der Waals surface area contributed by atoms with Gasteiger partial charge in [-0.15, -0.1) is 0 Å². The minimum atomic E-state index is 0.496. The molecule has 2 heterocycles. The Balaban J connectivity index is 1.76. The van der Waals surface area contributed by atoms with E-state index in [1.165, 1.54) is 32.1 Å². The van der Waals surface area contributed by atoms with E-state index >= 15 is 0 Å². The number of fused-ring (bicyclic) bond motifs is 1. The topological polar surface area (TPSA) is 42.1 Å². The molecule has 0 radical (unpaired) electrons. The van der Waals surface area contributed by atoms with E-state index in [2.05, 4.69) is 9.88 Å². The van der Waals surface area contributed by atoms with Gasteiger partial charge in [0, 0.05) is 24.8 Å². The van der Waals surface area contributed by atoms with Gasteiger partial charge in [0.15, 0.2) is 0 Å². The van der Waals surface area contributed by atoms with Crippen LogP contribution in [-0.4, -0.2) is 18.1 Å². The number of anilines is 2. The average Bonchev–Trinajstić information content (AvgIpc) is 2.37. The summed E-state index contributed by atoms with van der Waals surface area (Å²) < 4.78 is 0. The molecule has 2 atom stereocenters. The summed E-state index contributed by atoms with van der Waals surface area (Å²) in [5.41, 5.74) is 6.55. The maximum absolute atomic E-state index is 5.99. The van der Waals surface area contributed by atoms with E-state index in [1.54, 1.807) is 6.07 Å². The van der Waals surface area contributed by atoms with Gasteiger partial charge in [0.25, 0.3) is 0 Å². The van der Waals surface area contributed by atoms with Crippen molar-refractivity contribution >= 4 is 23.1 Å². The molecule has 1 aromatic heterocycles. The Hall–Kier alpha value is -0.960. The first-order chi connectivity index (χ1) is 8.72. The number of rotatable bonds is 1. The van der Waals surface area contributed by atoms with Crippen molar-refractivity contribution in [2.24, 2.45) is 11.8 Å². The Bertz CT molecular complexity index is 415. The predicted octanol–water partition coefficient (Wildman–Crippen LogP) is 3.33. The quantitative estimate of drug-likeness (QED) is 0.792. The number of halogens is 1. The van der Waals surface area contributed by atoms with Crippen LogP contribution < -0.4 is 10.6 Å². The summed E-state index contributed by atoms with van der Waals surface area (Å²) in [4.78, 5) is 6.76. The fourth-order valence-electron chi connectivity index (χ4n) is 3.47. The van der Waals surface area contributed by atoms with Gasteiger partial charge in [0.05, 0.1) is 0 Å². The van der Waals surface area contributed by atoms with E-state index in [-0.39, 0.29) is 0 Å². The zero-order valence-electron chi connectivity index (χ0n) is 10.6. The molecular weight excluding hydrogens is 246 g/mol. The number of aromatic nitrogens is 1. The summed E-state index contributed by atoms with van der Waals surface area (Å²) in [6.07, 6.45) is 6.89. The average molecular weight is 266 g/mol. The van der Waals surface area contributed by atoms with Crippen molar-refractivity contribution in [3.05, 3.63) is 17.3 Å². The summed E-state index contributed by atoms with van der Waals surface area (Å²) in [6.45, 7) is 2.21. The lowest BCUT2D eigenvalue weighted by atomic mass is 9.75. The Morgan fingerprint density at radius 2 is 1.94 bits per heavy atom. The molecule has 0 spiro atoms. The third kappa shape index (κ3) is 2.41.